The molecule has 3 nitrogen and oxygen atoms in total. The highest BCUT2D eigenvalue weighted by molar-refractivity contribution is 7.08. The maximum Gasteiger partial charge on any atom is 0.145 e. The minimum Gasteiger partial charge on any atom is -0.382 e. The van der Waals surface area contributed by atoms with Gasteiger partial charge in [0.25, 0.3) is 0 Å². The summed E-state index contributed by atoms with van der Waals surface area (Å²) in [5.74, 6) is 0.534. The van der Waals surface area contributed by atoms with Gasteiger partial charge in [-0.15, -0.1) is 12.4 Å². The molecule has 0 saturated carbocycles. The lowest BCUT2D eigenvalue weighted by Gasteiger charge is -1.85. The van der Waals surface area contributed by atoms with Gasteiger partial charge in [0.2, 0.25) is 0 Å². The molecule has 0 amide bonds. The smallest absolute Gasteiger partial charge is 0.145 e. The highest BCUT2D eigenvalue weighted by atomic mass is 35.5. The zero-order valence-corrected chi connectivity index (χ0v) is 7.78. The number of nitrogens with two attached hydrogens (primary N) is 1. The molecular weight excluding hydrogens is 194 g/mol. The zero-order valence-electron chi connectivity index (χ0n) is 6.15. The number of aromatic amines is 1. The van der Waals surface area contributed by atoms with Crippen molar-refractivity contribution < 1.29 is 0 Å². The molecule has 3 N–H and O–H groups in total. The first kappa shape index (κ1) is 9.09. The Hall–Kier alpha value is -1.00. The van der Waals surface area contributed by atoms with Crippen LogP contribution in [0.2, 0.25) is 0 Å². The molecule has 0 spiro atoms. The van der Waals surface area contributed by atoms with Crippen molar-refractivity contribution in [3.05, 3.63) is 22.9 Å². The Kier molecular flexibility index (Phi) is 2.73. The summed E-state index contributed by atoms with van der Waals surface area (Å²) in [6.45, 7) is 0. The fourth-order valence-corrected chi connectivity index (χ4v) is 1.56. The number of nitrogens with zero attached hydrogens (tertiary/aromatic N) is 1. The fourth-order valence-electron chi connectivity index (χ4n) is 0.903. The molecule has 0 fully saturated rings. The lowest BCUT2D eigenvalue weighted by Crippen LogP contribution is -1.81. The second-order valence-electron chi connectivity index (χ2n) is 2.22. The third-order valence-electron chi connectivity index (χ3n) is 1.43. The molecule has 2 rings (SSSR count). The molecule has 5 heteroatoms. The van der Waals surface area contributed by atoms with E-state index in [1.54, 1.807) is 11.3 Å². The number of nitrogen functional groups attached to an aromatic ring is 1. The van der Waals surface area contributed by atoms with Gasteiger partial charge in [0, 0.05) is 17.0 Å². The molecule has 2 aromatic heterocycles. The maximum absolute atomic E-state index is 5.45. The van der Waals surface area contributed by atoms with E-state index in [2.05, 4.69) is 10.2 Å². The van der Waals surface area contributed by atoms with Crippen molar-refractivity contribution in [2.75, 3.05) is 5.73 Å². The van der Waals surface area contributed by atoms with Gasteiger partial charge in [-0.1, -0.05) is 0 Å². The van der Waals surface area contributed by atoms with Gasteiger partial charge in [-0.2, -0.15) is 16.4 Å². The number of hydrogen-bond donors (Lipinski definition) is 2. The summed E-state index contributed by atoms with van der Waals surface area (Å²) in [4.78, 5) is 0. The average molecular weight is 202 g/mol. The van der Waals surface area contributed by atoms with Crippen LogP contribution in [0, 0.1) is 0 Å². The van der Waals surface area contributed by atoms with Crippen molar-refractivity contribution >= 4 is 29.6 Å². The number of nitrogens with one attached hydrogen (secondary N) is 1. The van der Waals surface area contributed by atoms with Crippen LogP contribution in [-0.2, 0) is 0 Å². The van der Waals surface area contributed by atoms with Gasteiger partial charge in [-0.05, 0) is 11.4 Å². The van der Waals surface area contributed by atoms with Crippen LogP contribution in [0.1, 0.15) is 0 Å². The monoisotopic (exact) mass is 201 g/mol. The zero-order chi connectivity index (χ0) is 7.68. The highest BCUT2D eigenvalue weighted by Gasteiger charge is 1.99. The van der Waals surface area contributed by atoms with Crippen LogP contribution in [0.25, 0.3) is 11.3 Å². The summed E-state index contributed by atoms with van der Waals surface area (Å²) < 4.78 is 0. The summed E-state index contributed by atoms with van der Waals surface area (Å²) in [5.41, 5.74) is 7.56. The molecule has 0 aliphatic carbocycles. The quantitative estimate of drug-likeness (QED) is 0.743. The van der Waals surface area contributed by atoms with E-state index in [-0.39, 0.29) is 12.4 Å². The lowest BCUT2D eigenvalue weighted by atomic mass is 10.2. The largest absolute Gasteiger partial charge is 0.382 e. The molecule has 64 valence electrons. The van der Waals surface area contributed by atoms with Crippen molar-refractivity contribution in [3.63, 3.8) is 0 Å². The van der Waals surface area contributed by atoms with E-state index in [1.807, 2.05) is 22.9 Å². The van der Waals surface area contributed by atoms with Gasteiger partial charge >= 0.3 is 0 Å². The average Bonchev–Trinajstić information content (AvgIpc) is 2.55. The molecule has 0 aliphatic heterocycles. The predicted octanol–water partition coefficient (Wildman–Crippen LogP) is 2.14. The summed E-state index contributed by atoms with van der Waals surface area (Å²) in [7, 11) is 0. The predicted molar refractivity (Wildman–Crippen MR) is 53.6 cm³/mol. The van der Waals surface area contributed by atoms with Crippen LogP contribution in [0.4, 0.5) is 5.82 Å². The summed E-state index contributed by atoms with van der Waals surface area (Å²) in [5, 5.41) is 10.7. The second kappa shape index (κ2) is 3.60. The third-order valence-corrected chi connectivity index (χ3v) is 2.11. The fraction of sp³-hybridized carbons (Fsp3) is 0. The standard InChI is InChI=1S/C7H7N3S.ClH/c8-7-3-6(9-10-7)5-1-2-11-4-5;/h1-4H,(H3,8,9,10);1H. The molecule has 2 heterocycles. The van der Waals surface area contributed by atoms with Crippen molar-refractivity contribution in [1.29, 1.82) is 0 Å². The van der Waals surface area contributed by atoms with Crippen LogP contribution in [0.15, 0.2) is 22.9 Å². The molecule has 0 saturated heterocycles. The van der Waals surface area contributed by atoms with E-state index in [4.69, 9.17) is 5.73 Å². The number of aromatic nitrogens is 2. The third kappa shape index (κ3) is 1.60. The first-order valence-electron chi connectivity index (χ1n) is 3.20. The number of anilines is 1. The first-order valence-corrected chi connectivity index (χ1v) is 4.14. The molecular formula is C7H8ClN3S. The Labute approximate surface area is 80.0 Å². The number of hydrogen-bond acceptors (Lipinski definition) is 3. The first-order chi connectivity index (χ1) is 5.36. The van der Waals surface area contributed by atoms with Gasteiger partial charge in [0.1, 0.15) is 5.82 Å². The van der Waals surface area contributed by atoms with Crippen LogP contribution < -0.4 is 5.73 Å². The molecule has 0 aromatic carbocycles. The Morgan fingerprint density at radius 3 is 2.83 bits per heavy atom. The van der Waals surface area contributed by atoms with Gasteiger partial charge < -0.3 is 5.73 Å². The van der Waals surface area contributed by atoms with Crippen molar-refractivity contribution in [1.82, 2.24) is 10.2 Å². The molecule has 12 heavy (non-hydrogen) atoms. The highest BCUT2D eigenvalue weighted by Crippen LogP contribution is 2.20. The summed E-state index contributed by atoms with van der Waals surface area (Å²) in [6, 6.07) is 3.85. The summed E-state index contributed by atoms with van der Waals surface area (Å²) in [6.07, 6.45) is 0. The molecule has 0 bridgehead atoms. The van der Waals surface area contributed by atoms with Crippen molar-refractivity contribution in [3.8, 4) is 11.3 Å². The molecule has 2 aromatic rings. The van der Waals surface area contributed by atoms with Gasteiger partial charge in [0.15, 0.2) is 0 Å². The van der Waals surface area contributed by atoms with E-state index < -0.39 is 0 Å². The maximum atomic E-state index is 5.45. The van der Waals surface area contributed by atoms with Crippen LogP contribution in [-0.4, -0.2) is 10.2 Å². The number of thiophene rings is 1. The van der Waals surface area contributed by atoms with E-state index in [0.717, 1.165) is 11.3 Å². The van der Waals surface area contributed by atoms with Crippen LogP contribution >= 0.6 is 23.7 Å². The summed E-state index contributed by atoms with van der Waals surface area (Å²) >= 11 is 1.66. The van der Waals surface area contributed by atoms with Crippen molar-refractivity contribution in [2.24, 2.45) is 0 Å². The second-order valence-corrected chi connectivity index (χ2v) is 3.00. The Morgan fingerprint density at radius 1 is 1.50 bits per heavy atom. The minimum absolute atomic E-state index is 0. The molecule has 0 aliphatic rings. The molecule has 0 unspecified atom stereocenters. The van der Waals surface area contributed by atoms with E-state index in [0.29, 0.717) is 5.82 Å². The number of H-pyrrole nitrogens is 1. The Balaban J connectivity index is 0.000000720. The minimum atomic E-state index is 0. The topological polar surface area (TPSA) is 54.7 Å². The van der Waals surface area contributed by atoms with E-state index >= 15 is 0 Å². The molecule has 0 atom stereocenters. The van der Waals surface area contributed by atoms with Gasteiger partial charge in [-0.3, -0.25) is 5.10 Å². The van der Waals surface area contributed by atoms with Crippen LogP contribution in [0.3, 0.4) is 0 Å². The van der Waals surface area contributed by atoms with E-state index in [1.165, 1.54) is 0 Å². The number of halogens is 1. The Morgan fingerprint density at radius 2 is 2.33 bits per heavy atom. The normalized spacial score (nSPS) is 9.33. The number of rotatable bonds is 1. The van der Waals surface area contributed by atoms with Gasteiger partial charge in [0.05, 0.1) is 5.69 Å². The van der Waals surface area contributed by atoms with Gasteiger partial charge in [-0.25, -0.2) is 0 Å². The molecule has 0 radical (unpaired) electrons. The SMILES string of the molecule is Cl.Nc1cc(-c2ccsc2)[nH]n1. The van der Waals surface area contributed by atoms with Crippen LogP contribution in [0.5, 0.6) is 0 Å². The lowest BCUT2D eigenvalue weighted by molar-refractivity contribution is 1.10. The van der Waals surface area contributed by atoms with Crippen molar-refractivity contribution in [2.45, 2.75) is 0 Å². The van der Waals surface area contributed by atoms with E-state index in [9.17, 15) is 0 Å². The Bertz CT molecular complexity index is 341.